The minimum Gasteiger partial charge on any atom is -0.488 e. The molecule has 0 saturated heterocycles. The average Bonchev–Trinajstić information content (AvgIpc) is 2.28. The Morgan fingerprint density at radius 1 is 1.12 bits per heavy atom. The van der Waals surface area contributed by atoms with E-state index in [1.54, 1.807) is 12.4 Å². The molecule has 82 valence electrons. The molecule has 0 unspecified atom stereocenters. The first-order valence-corrected chi connectivity index (χ1v) is 6.31. The lowest BCUT2D eigenvalue weighted by Crippen LogP contribution is -1.96. The quantitative estimate of drug-likeness (QED) is 0.834. The smallest absolute Gasteiger partial charge is 0.133 e. The number of aromatic nitrogens is 1. The van der Waals surface area contributed by atoms with Crippen molar-refractivity contribution >= 4 is 31.9 Å². The van der Waals surface area contributed by atoms with Gasteiger partial charge in [-0.15, -0.1) is 0 Å². The number of halogens is 2. The minimum atomic E-state index is 0.509. The molecular formula is C12H9Br2NO. The molecule has 0 amide bonds. The lowest BCUT2D eigenvalue weighted by molar-refractivity contribution is 0.303. The van der Waals surface area contributed by atoms with Gasteiger partial charge in [0.25, 0.3) is 0 Å². The van der Waals surface area contributed by atoms with Crippen LogP contribution in [-0.2, 0) is 6.61 Å². The third-order valence-electron chi connectivity index (χ3n) is 1.99. The van der Waals surface area contributed by atoms with Gasteiger partial charge in [-0.3, -0.25) is 4.98 Å². The molecule has 2 aromatic rings. The summed E-state index contributed by atoms with van der Waals surface area (Å²) in [5.74, 6) is 0.836. The number of pyridine rings is 1. The molecule has 0 aliphatic carbocycles. The molecule has 1 heterocycles. The Labute approximate surface area is 111 Å². The van der Waals surface area contributed by atoms with Crippen molar-refractivity contribution in [2.75, 3.05) is 0 Å². The van der Waals surface area contributed by atoms with Crippen LogP contribution in [0.15, 0.2) is 51.7 Å². The number of hydrogen-bond donors (Lipinski definition) is 0. The van der Waals surface area contributed by atoms with Crippen LogP contribution in [0.4, 0.5) is 0 Å². The van der Waals surface area contributed by atoms with Crippen molar-refractivity contribution in [2.24, 2.45) is 0 Å². The summed E-state index contributed by atoms with van der Waals surface area (Å²) in [6.45, 7) is 0.509. The maximum Gasteiger partial charge on any atom is 0.133 e. The molecule has 16 heavy (non-hydrogen) atoms. The van der Waals surface area contributed by atoms with Gasteiger partial charge in [0.15, 0.2) is 0 Å². The van der Waals surface area contributed by atoms with E-state index in [2.05, 4.69) is 36.8 Å². The molecule has 0 atom stereocenters. The fourth-order valence-corrected chi connectivity index (χ4v) is 2.07. The molecular weight excluding hydrogens is 334 g/mol. The molecule has 2 rings (SSSR count). The van der Waals surface area contributed by atoms with E-state index in [-0.39, 0.29) is 0 Å². The molecule has 0 aliphatic rings. The number of para-hydroxylation sites is 1. The summed E-state index contributed by atoms with van der Waals surface area (Å²) in [7, 11) is 0. The van der Waals surface area contributed by atoms with E-state index < -0.39 is 0 Å². The lowest BCUT2D eigenvalue weighted by atomic mass is 10.3. The van der Waals surface area contributed by atoms with Gasteiger partial charge >= 0.3 is 0 Å². The Morgan fingerprint density at radius 3 is 2.69 bits per heavy atom. The summed E-state index contributed by atoms with van der Waals surface area (Å²) in [6.07, 6.45) is 3.55. The highest BCUT2D eigenvalue weighted by atomic mass is 79.9. The van der Waals surface area contributed by atoms with Crippen LogP contribution in [0.2, 0.25) is 0 Å². The van der Waals surface area contributed by atoms with E-state index in [1.807, 2.05) is 30.3 Å². The van der Waals surface area contributed by atoms with E-state index in [9.17, 15) is 0 Å². The third-order valence-corrected chi connectivity index (χ3v) is 3.08. The molecule has 0 bridgehead atoms. The number of benzene rings is 1. The van der Waals surface area contributed by atoms with Crippen molar-refractivity contribution in [2.45, 2.75) is 6.61 Å². The minimum absolute atomic E-state index is 0.509. The van der Waals surface area contributed by atoms with Crippen LogP contribution >= 0.6 is 31.9 Å². The highest BCUT2D eigenvalue weighted by Crippen LogP contribution is 2.24. The van der Waals surface area contributed by atoms with Crippen LogP contribution in [0.1, 0.15) is 5.56 Å². The normalized spacial score (nSPS) is 10.1. The number of hydrogen-bond acceptors (Lipinski definition) is 2. The maximum absolute atomic E-state index is 5.67. The second kappa shape index (κ2) is 5.46. The van der Waals surface area contributed by atoms with E-state index >= 15 is 0 Å². The molecule has 0 aliphatic heterocycles. The lowest BCUT2D eigenvalue weighted by Gasteiger charge is -2.07. The SMILES string of the molecule is Brc1cncc(COc2ccccc2Br)c1. The standard InChI is InChI=1S/C12H9Br2NO/c13-10-5-9(6-15-7-10)8-16-12-4-2-1-3-11(12)14/h1-7H,8H2. The zero-order valence-corrected chi connectivity index (χ0v) is 11.5. The van der Waals surface area contributed by atoms with Crippen molar-refractivity contribution in [3.63, 3.8) is 0 Å². The molecule has 0 fully saturated rings. The zero-order chi connectivity index (χ0) is 11.4. The summed E-state index contributed by atoms with van der Waals surface area (Å²) in [6, 6.07) is 9.77. The largest absolute Gasteiger partial charge is 0.488 e. The summed E-state index contributed by atoms with van der Waals surface area (Å²) in [4.78, 5) is 4.08. The predicted octanol–water partition coefficient (Wildman–Crippen LogP) is 4.19. The Bertz CT molecular complexity index is 488. The van der Waals surface area contributed by atoms with Crippen LogP contribution in [0, 0.1) is 0 Å². The Morgan fingerprint density at radius 2 is 1.94 bits per heavy atom. The fraction of sp³-hybridized carbons (Fsp3) is 0.0833. The van der Waals surface area contributed by atoms with Gasteiger partial charge in [-0.05, 0) is 50.1 Å². The van der Waals surface area contributed by atoms with E-state index in [0.29, 0.717) is 6.61 Å². The molecule has 0 saturated carbocycles. The molecule has 1 aromatic carbocycles. The first kappa shape index (κ1) is 11.6. The summed E-state index contributed by atoms with van der Waals surface area (Å²) in [5.41, 5.74) is 1.03. The van der Waals surface area contributed by atoms with Gasteiger partial charge in [-0.1, -0.05) is 12.1 Å². The van der Waals surface area contributed by atoms with Crippen molar-refractivity contribution in [3.05, 3.63) is 57.2 Å². The van der Waals surface area contributed by atoms with Crippen molar-refractivity contribution < 1.29 is 4.74 Å². The number of nitrogens with zero attached hydrogens (tertiary/aromatic N) is 1. The summed E-state index contributed by atoms with van der Waals surface area (Å²) >= 11 is 6.81. The Hall–Kier alpha value is -0.870. The fourth-order valence-electron chi connectivity index (χ4n) is 1.26. The topological polar surface area (TPSA) is 22.1 Å². The van der Waals surface area contributed by atoms with Gasteiger partial charge in [0.2, 0.25) is 0 Å². The van der Waals surface area contributed by atoms with Gasteiger partial charge in [-0.25, -0.2) is 0 Å². The van der Waals surface area contributed by atoms with Crippen molar-refractivity contribution in [1.82, 2.24) is 4.98 Å². The van der Waals surface area contributed by atoms with Gasteiger partial charge in [0, 0.05) is 22.4 Å². The second-order valence-corrected chi connectivity index (χ2v) is 5.00. The van der Waals surface area contributed by atoms with Crippen LogP contribution in [0.3, 0.4) is 0 Å². The Balaban J connectivity index is 2.05. The monoisotopic (exact) mass is 341 g/mol. The highest BCUT2D eigenvalue weighted by molar-refractivity contribution is 9.10. The first-order chi connectivity index (χ1) is 7.75. The van der Waals surface area contributed by atoms with E-state index in [0.717, 1.165) is 20.3 Å². The van der Waals surface area contributed by atoms with Crippen LogP contribution in [0.25, 0.3) is 0 Å². The van der Waals surface area contributed by atoms with Gasteiger partial charge in [0.05, 0.1) is 4.47 Å². The van der Waals surface area contributed by atoms with Crippen LogP contribution < -0.4 is 4.74 Å². The first-order valence-electron chi connectivity index (χ1n) is 4.72. The molecule has 4 heteroatoms. The molecule has 0 N–H and O–H groups in total. The summed E-state index contributed by atoms with van der Waals surface area (Å²) < 4.78 is 7.59. The van der Waals surface area contributed by atoms with Crippen molar-refractivity contribution in [3.8, 4) is 5.75 Å². The summed E-state index contributed by atoms with van der Waals surface area (Å²) in [5, 5.41) is 0. The highest BCUT2D eigenvalue weighted by Gasteiger charge is 2.00. The molecule has 0 radical (unpaired) electrons. The van der Waals surface area contributed by atoms with Crippen LogP contribution in [0.5, 0.6) is 5.75 Å². The maximum atomic E-state index is 5.67. The number of rotatable bonds is 3. The second-order valence-electron chi connectivity index (χ2n) is 3.23. The van der Waals surface area contributed by atoms with Crippen molar-refractivity contribution in [1.29, 1.82) is 0 Å². The predicted molar refractivity (Wildman–Crippen MR) is 70.4 cm³/mol. The Kier molecular flexibility index (Phi) is 3.96. The van der Waals surface area contributed by atoms with E-state index in [1.165, 1.54) is 0 Å². The number of ether oxygens (including phenoxy) is 1. The third kappa shape index (κ3) is 3.06. The van der Waals surface area contributed by atoms with Gasteiger partial charge in [-0.2, -0.15) is 0 Å². The van der Waals surface area contributed by atoms with Crippen LogP contribution in [-0.4, -0.2) is 4.98 Å². The van der Waals surface area contributed by atoms with Gasteiger partial charge < -0.3 is 4.74 Å². The average molecular weight is 343 g/mol. The van der Waals surface area contributed by atoms with E-state index in [4.69, 9.17) is 4.74 Å². The van der Waals surface area contributed by atoms with Gasteiger partial charge in [0.1, 0.15) is 12.4 Å². The zero-order valence-electron chi connectivity index (χ0n) is 8.36. The molecule has 0 spiro atoms. The molecule has 2 nitrogen and oxygen atoms in total. The molecule has 1 aromatic heterocycles.